The lowest BCUT2D eigenvalue weighted by Gasteiger charge is -2.31. The quantitative estimate of drug-likeness (QED) is 0.856. The highest BCUT2D eigenvalue weighted by Crippen LogP contribution is 2.21. The number of likely N-dealkylation sites (tertiary alicyclic amines) is 1. The number of hydrogen-bond acceptors (Lipinski definition) is 3. The summed E-state index contributed by atoms with van der Waals surface area (Å²) in [5, 5.41) is 2.92. The van der Waals surface area contributed by atoms with E-state index < -0.39 is 11.6 Å². The number of rotatable bonds is 5. The van der Waals surface area contributed by atoms with Crippen LogP contribution in [-0.2, 0) is 11.3 Å². The third-order valence-electron chi connectivity index (χ3n) is 4.97. The summed E-state index contributed by atoms with van der Waals surface area (Å²) in [6, 6.07) is 10.6. The van der Waals surface area contributed by atoms with Gasteiger partial charge < -0.3 is 15.0 Å². The number of para-hydroxylation sites is 1. The molecule has 0 spiro atoms. The van der Waals surface area contributed by atoms with Gasteiger partial charge in [-0.1, -0.05) is 18.2 Å². The van der Waals surface area contributed by atoms with E-state index >= 15 is 0 Å². The Balaban J connectivity index is 1.52. The SMILES string of the molecule is COc1ccccc1CNC(=O)C1CCN(C(=O)c2ccc(F)c(F)c2)CC1. The number of nitrogens with one attached hydrogen (secondary N) is 1. The fourth-order valence-corrected chi connectivity index (χ4v) is 3.33. The van der Waals surface area contributed by atoms with Crippen molar-refractivity contribution in [1.29, 1.82) is 0 Å². The van der Waals surface area contributed by atoms with Gasteiger partial charge in [0.25, 0.3) is 5.91 Å². The number of hydrogen-bond donors (Lipinski definition) is 1. The minimum Gasteiger partial charge on any atom is -0.496 e. The van der Waals surface area contributed by atoms with Crippen molar-refractivity contribution in [2.24, 2.45) is 5.92 Å². The number of piperidine rings is 1. The molecule has 1 aliphatic rings. The Kier molecular flexibility index (Phi) is 6.23. The molecule has 0 unspecified atom stereocenters. The van der Waals surface area contributed by atoms with Crippen LogP contribution < -0.4 is 10.1 Å². The summed E-state index contributed by atoms with van der Waals surface area (Å²) in [5.41, 5.74) is 1.00. The smallest absolute Gasteiger partial charge is 0.253 e. The van der Waals surface area contributed by atoms with Crippen molar-refractivity contribution in [2.75, 3.05) is 20.2 Å². The van der Waals surface area contributed by atoms with Gasteiger partial charge in [-0.15, -0.1) is 0 Å². The molecule has 1 heterocycles. The molecule has 1 saturated heterocycles. The molecule has 1 N–H and O–H groups in total. The fourth-order valence-electron chi connectivity index (χ4n) is 3.33. The monoisotopic (exact) mass is 388 g/mol. The van der Waals surface area contributed by atoms with E-state index in [1.165, 1.54) is 6.07 Å². The lowest BCUT2D eigenvalue weighted by molar-refractivity contribution is -0.126. The Morgan fingerprint density at radius 2 is 1.82 bits per heavy atom. The van der Waals surface area contributed by atoms with Crippen molar-refractivity contribution in [3.63, 3.8) is 0 Å². The van der Waals surface area contributed by atoms with Crippen LogP contribution in [0.2, 0.25) is 0 Å². The van der Waals surface area contributed by atoms with Gasteiger partial charge in [0.2, 0.25) is 5.91 Å². The fraction of sp³-hybridized carbons (Fsp3) is 0.333. The molecule has 7 heteroatoms. The number of carbonyl (C=O) groups excluding carboxylic acids is 2. The molecule has 2 amide bonds. The van der Waals surface area contributed by atoms with Crippen molar-refractivity contribution in [3.05, 3.63) is 65.2 Å². The van der Waals surface area contributed by atoms with Gasteiger partial charge in [-0.3, -0.25) is 9.59 Å². The number of methoxy groups -OCH3 is 1. The number of benzene rings is 2. The summed E-state index contributed by atoms with van der Waals surface area (Å²) in [7, 11) is 1.58. The summed E-state index contributed by atoms with van der Waals surface area (Å²) in [5.74, 6) is -1.92. The predicted molar refractivity (Wildman–Crippen MR) is 99.8 cm³/mol. The molecule has 2 aromatic carbocycles. The molecule has 1 aliphatic heterocycles. The summed E-state index contributed by atoms with van der Waals surface area (Å²) in [6.07, 6.45) is 1.04. The Morgan fingerprint density at radius 1 is 1.11 bits per heavy atom. The largest absolute Gasteiger partial charge is 0.496 e. The standard InChI is InChI=1S/C21H22F2N2O3/c1-28-19-5-3-2-4-16(19)13-24-20(26)14-8-10-25(11-9-14)21(27)15-6-7-17(22)18(23)12-15/h2-7,12,14H,8-11,13H2,1H3,(H,24,26). The van der Waals surface area contributed by atoms with Crippen LogP contribution in [0.1, 0.15) is 28.8 Å². The van der Waals surface area contributed by atoms with Crippen molar-refractivity contribution >= 4 is 11.8 Å². The molecule has 0 atom stereocenters. The Labute approximate surface area is 162 Å². The molecule has 0 bridgehead atoms. The molecule has 0 radical (unpaired) electrons. The zero-order chi connectivity index (χ0) is 20.1. The van der Waals surface area contributed by atoms with E-state index in [0.717, 1.165) is 23.4 Å². The third-order valence-corrected chi connectivity index (χ3v) is 4.97. The van der Waals surface area contributed by atoms with Gasteiger partial charge in [0.1, 0.15) is 5.75 Å². The maximum Gasteiger partial charge on any atom is 0.253 e. The van der Waals surface area contributed by atoms with Crippen LogP contribution in [0.5, 0.6) is 5.75 Å². The van der Waals surface area contributed by atoms with Crippen LogP contribution in [0.15, 0.2) is 42.5 Å². The maximum atomic E-state index is 13.3. The van der Waals surface area contributed by atoms with Crippen molar-refractivity contribution in [1.82, 2.24) is 10.2 Å². The zero-order valence-corrected chi connectivity index (χ0v) is 15.6. The van der Waals surface area contributed by atoms with Crippen molar-refractivity contribution in [3.8, 4) is 5.75 Å². The molecular weight excluding hydrogens is 366 g/mol. The first kappa shape index (κ1) is 19.8. The van der Waals surface area contributed by atoms with Gasteiger partial charge in [-0.2, -0.15) is 0 Å². The normalized spacial score (nSPS) is 14.6. The van der Waals surface area contributed by atoms with Gasteiger partial charge in [-0.25, -0.2) is 8.78 Å². The van der Waals surface area contributed by atoms with Gasteiger partial charge >= 0.3 is 0 Å². The Bertz CT molecular complexity index is 864. The number of halogens is 2. The predicted octanol–water partition coefficient (Wildman–Crippen LogP) is 3.14. The van der Waals surface area contributed by atoms with E-state index in [9.17, 15) is 18.4 Å². The molecule has 0 saturated carbocycles. The van der Waals surface area contributed by atoms with E-state index in [-0.39, 0.29) is 23.3 Å². The number of amides is 2. The first-order valence-electron chi connectivity index (χ1n) is 9.13. The Hall–Kier alpha value is -2.96. The van der Waals surface area contributed by atoms with Crippen LogP contribution in [0.4, 0.5) is 8.78 Å². The number of ether oxygens (including phenoxy) is 1. The number of carbonyl (C=O) groups is 2. The van der Waals surface area contributed by atoms with E-state index in [1.807, 2.05) is 24.3 Å². The topological polar surface area (TPSA) is 58.6 Å². The molecule has 3 rings (SSSR count). The highest BCUT2D eigenvalue weighted by Gasteiger charge is 2.28. The van der Waals surface area contributed by atoms with Crippen molar-refractivity contribution in [2.45, 2.75) is 19.4 Å². The van der Waals surface area contributed by atoms with Crippen LogP contribution in [0, 0.1) is 17.6 Å². The molecular formula is C21H22F2N2O3. The minimum absolute atomic E-state index is 0.0640. The molecule has 5 nitrogen and oxygen atoms in total. The van der Waals surface area contributed by atoms with Crippen LogP contribution >= 0.6 is 0 Å². The zero-order valence-electron chi connectivity index (χ0n) is 15.6. The highest BCUT2D eigenvalue weighted by molar-refractivity contribution is 5.94. The minimum atomic E-state index is -1.04. The second kappa shape index (κ2) is 8.82. The van der Waals surface area contributed by atoms with E-state index in [0.29, 0.717) is 32.5 Å². The average Bonchev–Trinajstić information content (AvgIpc) is 2.73. The second-order valence-corrected chi connectivity index (χ2v) is 6.73. The molecule has 0 aliphatic carbocycles. The molecule has 2 aromatic rings. The van der Waals surface area contributed by atoms with Gasteiger partial charge in [0.15, 0.2) is 11.6 Å². The number of nitrogens with zero attached hydrogens (tertiary/aromatic N) is 1. The first-order chi connectivity index (χ1) is 13.5. The summed E-state index contributed by atoms with van der Waals surface area (Å²) >= 11 is 0. The highest BCUT2D eigenvalue weighted by atomic mass is 19.2. The first-order valence-corrected chi connectivity index (χ1v) is 9.13. The second-order valence-electron chi connectivity index (χ2n) is 6.73. The van der Waals surface area contributed by atoms with Crippen LogP contribution in [-0.4, -0.2) is 36.9 Å². The third kappa shape index (κ3) is 4.47. The summed E-state index contributed by atoms with van der Waals surface area (Å²) < 4.78 is 31.7. The lowest BCUT2D eigenvalue weighted by atomic mass is 9.95. The van der Waals surface area contributed by atoms with E-state index in [4.69, 9.17) is 4.74 Å². The average molecular weight is 388 g/mol. The van der Waals surface area contributed by atoms with Crippen LogP contribution in [0.25, 0.3) is 0 Å². The van der Waals surface area contributed by atoms with Gasteiger partial charge in [0.05, 0.1) is 7.11 Å². The molecule has 28 heavy (non-hydrogen) atoms. The molecule has 148 valence electrons. The molecule has 0 aromatic heterocycles. The van der Waals surface area contributed by atoms with E-state index in [2.05, 4.69) is 5.32 Å². The van der Waals surface area contributed by atoms with Gasteiger partial charge in [-0.05, 0) is 37.1 Å². The van der Waals surface area contributed by atoms with Crippen LogP contribution in [0.3, 0.4) is 0 Å². The Morgan fingerprint density at radius 3 is 2.50 bits per heavy atom. The summed E-state index contributed by atoms with van der Waals surface area (Å²) in [6.45, 7) is 1.16. The molecule has 1 fully saturated rings. The maximum absolute atomic E-state index is 13.3. The van der Waals surface area contributed by atoms with E-state index in [1.54, 1.807) is 12.0 Å². The lowest BCUT2D eigenvalue weighted by Crippen LogP contribution is -2.43. The van der Waals surface area contributed by atoms with Crippen molar-refractivity contribution < 1.29 is 23.1 Å². The summed E-state index contributed by atoms with van der Waals surface area (Å²) in [4.78, 5) is 26.5. The van der Waals surface area contributed by atoms with Gasteiger partial charge in [0, 0.05) is 36.7 Å².